The van der Waals surface area contributed by atoms with Gasteiger partial charge in [-0.2, -0.15) is 4.31 Å². The van der Waals surface area contributed by atoms with Crippen LogP contribution in [0.3, 0.4) is 0 Å². The van der Waals surface area contributed by atoms with E-state index in [1.807, 2.05) is 0 Å². The summed E-state index contributed by atoms with van der Waals surface area (Å²) in [5.41, 5.74) is 4.68. The van der Waals surface area contributed by atoms with Crippen molar-refractivity contribution in [2.45, 2.75) is 17.7 Å². The van der Waals surface area contributed by atoms with Crippen LogP contribution < -0.4 is 10.9 Å². The summed E-state index contributed by atoms with van der Waals surface area (Å²) >= 11 is 0. The van der Waals surface area contributed by atoms with E-state index < -0.39 is 31.7 Å². The molecule has 1 aromatic rings. The molecule has 1 atom stereocenters. The number of hydrogen-bond acceptors (Lipinski definition) is 7. The predicted octanol–water partition coefficient (Wildman–Crippen LogP) is -0.707. The molecule has 2 heterocycles. The van der Waals surface area contributed by atoms with Crippen LogP contribution >= 0.6 is 0 Å². The lowest BCUT2D eigenvalue weighted by Gasteiger charge is -2.26. The summed E-state index contributed by atoms with van der Waals surface area (Å²) in [5.74, 6) is -1.27. The fraction of sp³-hybridized carbons (Fsp3) is 0.529. The summed E-state index contributed by atoms with van der Waals surface area (Å²) in [6.07, 6.45) is 0.443. The third-order valence-electron chi connectivity index (χ3n) is 4.84. The Labute approximate surface area is 169 Å². The zero-order valence-electron chi connectivity index (χ0n) is 15.7. The Kier molecular flexibility index (Phi) is 6.56. The molecule has 160 valence electrons. The van der Waals surface area contributed by atoms with Crippen molar-refractivity contribution < 1.29 is 31.2 Å². The molecule has 1 unspecified atom stereocenters. The molecule has 0 saturated carbocycles. The summed E-state index contributed by atoms with van der Waals surface area (Å²) < 4.78 is 54.5. The zero-order valence-corrected chi connectivity index (χ0v) is 17.3. The van der Waals surface area contributed by atoms with Crippen LogP contribution in [0.1, 0.15) is 23.2 Å². The molecule has 0 bridgehead atoms. The molecule has 29 heavy (non-hydrogen) atoms. The van der Waals surface area contributed by atoms with Crippen molar-refractivity contribution in [1.82, 2.24) is 15.2 Å². The van der Waals surface area contributed by atoms with E-state index in [2.05, 4.69) is 10.9 Å². The van der Waals surface area contributed by atoms with Crippen molar-refractivity contribution in [1.29, 1.82) is 0 Å². The third-order valence-corrected chi connectivity index (χ3v) is 8.59. The fourth-order valence-electron chi connectivity index (χ4n) is 3.26. The van der Waals surface area contributed by atoms with E-state index in [0.717, 1.165) is 0 Å². The van der Waals surface area contributed by atoms with E-state index in [9.17, 15) is 26.4 Å². The van der Waals surface area contributed by atoms with Gasteiger partial charge in [0.1, 0.15) is 0 Å². The highest BCUT2D eigenvalue weighted by Crippen LogP contribution is 2.21. The number of ether oxygens (including phenoxy) is 1. The van der Waals surface area contributed by atoms with E-state index >= 15 is 0 Å². The van der Waals surface area contributed by atoms with Crippen molar-refractivity contribution in [3.8, 4) is 0 Å². The van der Waals surface area contributed by atoms with Crippen LogP contribution in [0.25, 0.3) is 0 Å². The normalized spacial score (nSPS) is 22.1. The molecule has 2 fully saturated rings. The first kappa shape index (κ1) is 21.7. The molecule has 2 amide bonds. The number of nitrogens with one attached hydrogen (secondary N) is 2. The molecule has 0 radical (unpaired) electrons. The van der Waals surface area contributed by atoms with Crippen LogP contribution in [-0.4, -0.2) is 70.8 Å². The third kappa shape index (κ3) is 5.53. The van der Waals surface area contributed by atoms with E-state index in [-0.39, 0.29) is 47.4 Å². The Morgan fingerprint density at radius 3 is 2.34 bits per heavy atom. The molecule has 2 N–H and O–H groups in total. The molecule has 0 aliphatic carbocycles. The SMILES string of the molecule is O=C(CC1CCS(=O)(=O)C1)NNC(=O)c1ccc(S(=O)(=O)N2CCOCC2)cc1. The molecule has 2 saturated heterocycles. The molecule has 2 aliphatic heterocycles. The maximum Gasteiger partial charge on any atom is 0.269 e. The second kappa shape index (κ2) is 8.78. The van der Waals surface area contributed by atoms with Crippen molar-refractivity contribution in [2.24, 2.45) is 5.92 Å². The Morgan fingerprint density at radius 1 is 1.10 bits per heavy atom. The number of rotatable bonds is 5. The topological polar surface area (TPSA) is 139 Å². The quantitative estimate of drug-likeness (QED) is 0.571. The first-order chi connectivity index (χ1) is 13.7. The highest BCUT2D eigenvalue weighted by Gasteiger charge is 2.29. The lowest BCUT2D eigenvalue weighted by molar-refractivity contribution is -0.122. The van der Waals surface area contributed by atoms with Gasteiger partial charge >= 0.3 is 0 Å². The summed E-state index contributed by atoms with van der Waals surface area (Å²) in [4.78, 5) is 24.1. The number of benzene rings is 1. The largest absolute Gasteiger partial charge is 0.379 e. The van der Waals surface area contributed by atoms with Gasteiger partial charge in [-0.15, -0.1) is 0 Å². The molecule has 3 rings (SSSR count). The number of morpholine rings is 1. The van der Waals surface area contributed by atoms with Gasteiger partial charge in [0.05, 0.1) is 29.6 Å². The number of hydrazine groups is 1. The average molecular weight is 446 g/mol. The summed E-state index contributed by atoms with van der Waals surface area (Å²) in [5, 5.41) is 0. The molecule has 1 aromatic carbocycles. The highest BCUT2D eigenvalue weighted by molar-refractivity contribution is 7.91. The summed E-state index contributed by atoms with van der Waals surface area (Å²) in [6.45, 7) is 1.23. The minimum atomic E-state index is -3.65. The van der Waals surface area contributed by atoms with Crippen LogP contribution in [0.2, 0.25) is 0 Å². The van der Waals surface area contributed by atoms with Gasteiger partial charge in [-0.1, -0.05) is 0 Å². The number of carbonyl (C=O) groups is 2. The fourth-order valence-corrected chi connectivity index (χ4v) is 6.53. The molecule has 10 nitrogen and oxygen atoms in total. The Morgan fingerprint density at radius 2 is 1.76 bits per heavy atom. The van der Waals surface area contributed by atoms with Gasteiger partial charge in [-0.05, 0) is 36.6 Å². The number of amides is 2. The molecular weight excluding hydrogens is 422 g/mol. The van der Waals surface area contributed by atoms with Crippen LogP contribution in [0.15, 0.2) is 29.2 Å². The van der Waals surface area contributed by atoms with Crippen LogP contribution in [0.5, 0.6) is 0 Å². The van der Waals surface area contributed by atoms with E-state index in [0.29, 0.717) is 19.6 Å². The molecular formula is C17H23N3O7S2. The first-order valence-corrected chi connectivity index (χ1v) is 12.4. The number of hydrogen-bond donors (Lipinski definition) is 2. The maximum absolute atomic E-state index is 12.6. The van der Waals surface area contributed by atoms with Gasteiger partial charge in [0.2, 0.25) is 15.9 Å². The molecule has 2 aliphatic rings. The van der Waals surface area contributed by atoms with Crippen LogP contribution in [0, 0.1) is 5.92 Å². The Hall–Kier alpha value is -2.02. The summed E-state index contributed by atoms with van der Waals surface area (Å²) in [6, 6.07) is 5.40. The highest BCUT2D eigenvalue weighted by atomic mass is 32.2. The van der Waals surface area contributed by atoms with Crippen LogP contribution in [0.4, 0.5) is 0 Å². The lowest BCUT2D eigenvalue weighted by Crippen LogP contribution is -2.42. The Bertz CT molecular complexity index is 969. The second-order valence-corrected chi connectivity index (χ2v) is 11.2. The minimum absolute atomic E-state index is 0.0102. The second-order valence-electron chi connectivity index (χ2n) is 7.02. The molecule has 0 spiro atoms. The van der Waals surface area contributed by atoms with Crippen molar-refractivity contribution >= 4 is 31.7 Å². The monoisotopic (exact) mass is 445 g/mol. The lowest BCUT2D eigenvalue weighted by atomic mass is 10.1. The number of nitrogens with zero attached hydrogens (tertiary/aromatic N) is 1. The minimum Gasteiger partial charge on any atom is -0.379 e. The molecule has 12 heteroatoms. The zero-order chi connectivity index (χ0) is 21.1. The van der Waals surface area contributed by atoms with Crippen LogP contribution in [-0.2, 0) is 29.4 Å². The first-order valence-electron chi connectivity index (χ1n) is 9.15. The standard InChI is InChI=1S/C17H23N3O7S2/c21-16(11-13-5-10-28(23,24)12-13)18-19-17(22)14-1-3-15(4-2-14)29(25,26)20-6-8-27-9-7-20/h1-4,13H,5-12H2,(H,18,21)(H,19,22). The maximum atomic E-state index is 12.6. The van der Waals surface area contributed by atoms with Crippen molar-refractivity contribution in [3.05, 3.63) is 29.8 Å². The van der Waals surface area contributed by atoms with E-state index in [1.165, 1.54) is 28.6 Å². The van der Waals surface area contributed by atoms with Crippen molar-refractivity contribution in [3.63, 3.8) is 0 Å². The predicted molar refractivity (Wildman–Crippen MR) is 103 cm³/mol. The number of sulfone groups is 1. The van der Waals surface area contributed by atoms with Gasteiger partial charge in [0, 0.05) is 25.1 Å². The van der Waals surface area contributed by atoms with Gasteiger partial charge < -0.3 is 4.74 Å². The van der Waals surface area contributed by atoms with Gasteiger partial charge in [0.15, 0.2) is 9.84 Å². The number of carbonyl (C=O) groups excluding carboxylic acids is 2. The van der Waals surface area contributed by atoms with E-state index in [1.54, 1.807) is 0 Å². The Balaban J connectivity index is 1.53. The molecule has 0 aromatic heterocycles. The average Bonchev–Trinajstić information content (AvgIpc) is 3.05. The van der Waals surface area contributed by atoms with E-state index in [4.69, 9.17) is 4.74 Å². The van der Waals surface area contributed by atoms with Gasteiger partial charge in [-0.3, -0.25) is 20.4 Å². The number of sulfonamides is 1. The van der Waals surface area contributed by atoms with Gasteiger partial charge in [0.25, 0.3) is 5.91 Å². The van der Waals surface area contributed by atoms with Gasteiger partial charge in [-0.25, -0.2) is 16.8 Å². The summed E-state index contributed by atoms with van der Waals surface area (Å²) in [7, 11) is -6.72. The van der Waals surface area contributed by atoms with Crippen molar-refractivity contribution in [2.75, 3.05) is 37.8 Å². The smallest absolute Gasteiger partial charge is 0.269 e.